The molecular formula is C12H13NO3. The quantitative estimate of drug-likeness (QED) is 0.756. The lowest BCUT2D eigenvalue weighted by molar-refractivity contribution is -0.133. The van der Waals surface area contributed by atoms with Crippen LogP contribution >= 0.6 is 0 Å². The number of fused-ring (bicyclic) bond motifs is 1. The van der Waals surface area contributed by atoms with Crippen molar-refractivity contribution in [3.8, 4) is 5.75 Å². The monoisotopic (exact) mass is 219 g/mol. The minimum atomic E-state index is -1.52. The van der Waals surface area contributed by atoms with Crippen molar-refractivity contribution in [3.05, 3.63) is 36.4 Å². The summed E-state index contributed by atoms with van der Waals surface area (Å²) in [6.45, 7) is 3.55. The van der Waals surface area contributed by atoms with Gasteiger partial charge in [0.25, 0.3) is 5.91 Å². The molecule has 0 bridgehead atoms. The third kappa shape index (κ3) is 1.39. The van der Waals surface area contributed by atoms with Crippen LogP contribution in [0.2, 0.25) is 0 Å². The maximum absolute atomic E-state index is 11.7. The predicted molar refractivity (Wildman–Crippen MR) is 60.3 cm³/mol. The molecule has 1 aliphatic rings. The summed E-state index contributed by atoms with van der Waals surface area (Å²) in [5.74, 6) is 0.188. The molecule has 1 aliphatic heterocycles. The largest absolute Gasteiger partial charge is 0.497 e. The Morgan fingerprint density at radius 3 is 3.00 bits per heavy atom. The van der Waals surface area contributed by atoms with Crippen molar-refractivity contribution in [2.45, 2.75) is 12.0 Å². The molecule has 1 heterocycles. The number of benzene rings is 1. The van der Waals surface area contributed by atoms with Gasteiger partial charge in [0.1, 0.15) is 5.75 Å². The molecule has 0 saturated carbocycles. The number of aliphatic hydroxyl groups is 1. The third-order valence-corrected chi connectivity index (χ3v) is 2.74. The molecule has 1 aromatic rings. The number of carbonyl (C=O) groups excluding carboxylic acids is 1. The maximum atomic E-state index is 11.7. The van der Waals surface area contributed by atoms with Gasteiger partial charge in [0.05, 0.1) is 7.11 Å². The number of hydrogen-bond donors (Lipinski definition) is 2. The molecule has 0 spiro atoms. The van der Waals surface area contributed by atoms with E-state index in [2.05, 4.69) is 11.9 Å². The molecule has 2 rings (SSSR count). The zero-order chi connectivity index (χ0) is 11.8. The normalized spacial score (nSPS) is 22.5. The summed E-state index contributed by atoms with van der Waals surface area (Å²) in [6.07, 6.45) is 1.70. The molecule has 4 nitrogen and oxygen atoms in total. The fourth-order valence-electron chi connectivity index (χ4n) is 1.86. The highest BCUT2D eigenvalue weighted by Gasteiger charge is 2.44. The Balaban J connectivity index is 2.53. The van der Waals surface area contributed by atoms with Gasteiger partial charge in [-0.2, -0.15) is 0 Å². The van der Waals surface area contributed by atoms with Crippen molar-refractivity contribution >= 4 is 11.6 Å². The molecular weight excluding hydrogens is 206 g/mol. The van der Waals surface area contributed by atoms with Crippen molar-refractivity contribution in [1.29, 1.82) is 0 Å². The first-order valence-corrected chi connectivity index (χ1v) is 4.95. The summed E-state index contributed by atoms with van der Waals surface area (Å²) < 4.78 is 5.07. The van der Waals surface area contributed by atoms with Crippen LogP contribution in [-0.2, 0) is 10.4 Å². The summed E-state index contributed by atoms with van der Waals surface area (Å²) in [4.78, 5) is 11.7. The Morgan fingerprint density at radius 2 is 2.38 bits per heavy atom. The van der Waals surface area contributed by atoms with Crippen LogP contribution in [0.5, 0.6) is 5.75 Å². The topological polar surface area (TPSA) is 58.6 Å². The summed E-state index contributed by atoms with van der Waals surface area (Å²) in [5, 5.41) is 12.9. The highest BCUT2D eigenvalue weighted by Crippen LogP contribution is 2.40. The van der Waals surface area contributed by atoms with E-state index in [9.17, 15) is 9.90 Å². The average Bonchev–Trinajstić information content (AvgIpc) is 2.52. The smallest absolute Gasteiger partial charge is 0.261 e. The first-order valence-electron chi connectivity index (χ1n) is 4.95. The lowest BCUT2D eigenvalue weighted by Gasteiger charge is -2.18. The molecule has 0 radical (unpaired) electrons. The molecule has 0 fully saturated rings. The van der Waals surface area contributed by atoms with Crippen molar-refractivity contribution in [3.63, 3.8) is 0 Å². The van der Waals surface area contributed by atoms with Crippen molar-refractivity contribution < 1.29 is 14.6 Å². The van der Waals surface area contributed by atoms with Gasteiger partial charge < -0.3 is 15.2 Å². The maximum Gasteiger partial charge on any atom is 0.261 e. The van der Waals surface area contributed by atoms with E-state index in [-0.39, 0.29) is 6.42 Å². The number of amides is 1. The molecule has 1 amide bonds. The van der Waals surface area contributed by atoms with Crippen LogP contribution in [0.1, 0.15) is 12.0 Å². The fourth-order valence-corrected chi connectivity index (χ4v) is 1.86. The van der Waals surface area contributed by atoms with Crippen molar-refractivity contribution in [2.24, 2.45) is 0 Å². The van der Waals surface area contributed by atoms with Crippen LogP contribution in [0, 0.1) is 0 Å². The minimum absolute atomic E-state index is 0.180. The fraction of sp³-hybridized carbons (Fsp3) is 0.250. The van der Waals surface area contributed by atoms with E-state index in [0.717, 1.165) is 0 Å². The van der Waals surface area contributed by atoms with E-state index in [0.29, 0.717) is 17.0 Å². The van der Waals surface area contributed by atoms with E-state index < -0.39 is 11.5 Å². The first kappa shape index (κ1) is 10.7. The van der Waals surface area contributed by atoms with Gasteiger partial charge in [-0.3, -0.25) is 4.79 Å². The molecule has 4 heteroatoms. The zero-order valence-corrected chi connectivity index (χ0v) is 8.99. The van der Waals surface area contributed by atoms with Crippen LogP contribution in [0.15, 0.2) is 30.9 Å². The van der Waals surface area contributed by atoms with Gasteiger partial charge in [-0.1, -0.05) is 6.08 Å². The Bertz CT molecular complexity index is 456. The molecule has 1 atom stereocenters. The summed E-state index contributed by atoms with van der Waals surface area (Å²) in [5.41, 5.74) is -0.363. The molecule has 0 saturated heterocycles. The lowest BCUT2D eigenvalue weighted by Crippen LogP contribution is -2.33. The second-order valence-electron chi connectivity index (χ2n) is 3.72. The van der Waals surface area contributed by atoms with Crippen LogP contribution in [-0.4, -0.2) is 18.1 Å². The molecule has 84 valence electrons. The van der Waals surface area contributed by atoms with E-state index in [1.807, 2.05) is 0 Å². The molecule has 16 heavy (non-hydrogen) atoms. The van der Waals surface area contributed by atoms with E-state index >= 15 is 0 Å². The van der Waals surface area contributed by atoms with Gasteiger partial charge in [0, 0.05) is 17.7 Å². The number of carbonyl (C=O) groups is 1. The lowest BCUT2D eigenvalue weighted by atomic mass is 9.92. The first-order chi connectivity index (χ1) is 7.61. The van der Waals surface area contributed by atoms with E-state index in [4.69, 9.17) is 4.74 Å². The molecule has 0 aliphatic carbocycles. The highest BCUT2D eigenvalue weighted by molar-refractivity contribution is 6.05. The highest BCUT2D eigenvalue weighted by atomic mass is 16.5. The molecule has 1 aromatic carbocycles. The molecule has 0 unspecified atom stereocenters. The summed E-state index contributed by atoms with van der Waals surface area (Å²) in [6, 6.07) is 5.11. The standard InChI is InChI=1S/C12H13NO3/c1-3-6-12(15)9-7-8(16-2)4-5-10(9)13-11(12)14/h3-5,7,15H,1,6H2,2H3,(H,13,14)/t12-/m1/s1. The Labute approximate surface area is 93.5 Å². The second-order valence-corrected chi connectivity index (χ2v) is 3.72. The van der Waals surface area contributed by atoms with Crippen LogP contribution in [0.3, 0.4) is 0 Å². The third-order valence-electron chi connectivity index (χ3n) is 2.74. The summed E-state index contributed by atoms with van der Waals surface area (Å²) >= 11 is 0. The second kappa shape index (κ2) is 3.64. The van der Waals surface area contributed by atoms with Crippen molar-refractivity contribution in [2.75, 3.05) is 12.4 Å². The Hall–Kier alpha value is -1.81. The number of rotatable bonds is 3. The zero-order valence-electron chi connectivity index (χ0n) is 8.99. The molecule has 2 N–H and O–H groups in total. The Kier molecular flexibility index (Phi) is 2.44. The van der Waals surface area contributed by atoms with Crippen LogP contribution in [0.4, 0.5) is 5.69 Å². The number of ether oxygens (including phenoxy) is 1. The number of methoxy groups -OCH3 is 1. The van der Waals surface area contributed by atoms with Crippen LogP contribution in [0.25, 0.3) is 0 Å². The van der Waals surface area contributed by atoms with E-state index in [1.165, 1.54) is 6.08 Å². The predicted octanol–water partition coefficient (Wildman–Crippen LogP) is 1.41. The van der Waals surface area contributed by atoms with E-state index in [1.54, 1.807) is 25.3 Å². The van der Waals surface area contributed by atoms with Gasteiger partial charge in [0.15, 0.2) is 5.60 Å². The van der Waals surface area contributed by atoms with Gasteiger partial charge in [0.2, 0.25) is 0 Å². The number of nitrogens with one attached hydrogen (secondary N) is 1. The number of anilines is 1. The van der Waals surface area contributed by atoms with Gasteiger partial charge in [-0.05, 0) is 18.2 Å². The summed E-state index contributed by atoms with van der Waals surface area (Å²) in [7, 11) is 1.54. The van der Waals surface area contributed by atoms with Crippen molar-refractivity contribution in [1.82, 2.24) is 0 Å². The van der Waals surface area contributed by atoms with Crippen LogP contribution < -0.4 is 10.1 Å². The van der Waals surface area contributed by atoms with Gasteiger partial charge in [-0.15, -0.1) is 6.58 Å². The Morgan fingerprint density at radius 1 is 1.62 bits per heavy atom. The minimum Gasteiger partial charge on any atom is -0.497 e. The molecule has 0 aromatic heterocycles. The SMILES string of the molecule is C=CC[C@]1(O)C(=O)Nc2ccc(OC)cc21. The van der Waals surface area contributed by atoms with Gasteiger partial charge in [-0.25, -0.2) is 0 Å². The van der Waals surface area contributed by atoms with Gasteiger partial charge >= 0.3 is 0 Å². The number of hydrogen-bond acceptors (Lipinski definition) is 3. The average molecular weight is 219 g/mol.